The van der Waals surface area contributed by atoms with Gasteiger partial charge in [0.15, 0.2) is 0 Å². The minimum absolute atomic E-state index is 0.0373. The molecule has 174 valence electrons. The van der Waals surface area contributed by atoms with Crippen LogP contribution in [0.4, 0.5) is 11.4 Å². The second-order valence-corrected chi connectivity index (χ2v) is 9.04. The van der Waals surface area contributed by atoms with E-state index in [1.165, 1.54) is 11.3 Å². The van der Waals surface area contributed by atoms with Gasteiger partial charge in [-0.3, -0.25) is 9.59 Å². The number of methoxy groups -OCH3 is 1. The van der Waals surface area contributed by atoms with E-state index < -0.39 is 0 Å². The Balaban J connectivity index is 1.91. The van der Waals surface area contributed by atoms with Crippen molar-refractivity contribution in [3.63, 3.8) is 0 Å². The van der Waals surface area contributed by atoms with Crippen LogP contribution in [0.15, 0.2) is 60.0 Å². The summed E-state index contributed by atoms with van der Waals surface area (Å²) in [6.45, 7) is 4.55. The number of ether oxygens (including phenoxy) is 1. The first kappa shape index (κ1) is 24.3. The van der Waals surface area contributed by atoms with Crippen molar-refractivity contribution in [1.82, 2.24) is 4.90 Å². The maximum Gasteiger partial charge on any atom is 0.265 e. The lowest BCUT2D eigenvalue weighted by molar-refractivity contribution is 0.0671. The van der Waals surface area contributed by atoms with E-state index >= 15 is 0 Å². The molecule has 0 aliphatic carbocycles. The summed E-state index contributed by atoms with van der Waals surface area (Å²) in [5, 5.41) is 4.86. The van der Waals surface area contributed by atoms with Crippen molar-refractivity contribution in [2.24, 2.45) is 0 Å². The molecule has 0 bridgehead atoms. The lowest BCUT2D eigenvalue weighted by Crippen LogP contribution is -2.38. The van der Waals surface area contributed by atoms with Gasteiger partial charge in [0.05, 0.1) is 12.0 Å². The van der Waals surface area contributed by atoms with Crippen LogP contribution in [-0.2, 0) is 6.54 Å². The Hall–Kier alpha value is -3.32. The fourth-order valence-corrected chi connectivity index (χ4v) is 4.18. The van der Waals surface area contributed by atoms with Gasteiger partial charge in [-0.05, 0) is 72.8 Å². The van der Waals surface area contributed by atoms with Crippen molar-refractivity contribution in [1.29, 1.82) is 0 Å². The molecule has 6 nitrogen and oxygen atoms in total. The topological polar surface area (TPSA) is 61.9 Å². The van der Waals surface area contributed by atoms with Crippen molar-refractivity contribution >= 4 is 34.5 Å². The van der Waals surface area contributed by atoms with E-state index in [9.17, 15) is 9.59 Å². The van der Waals surface area contributed by atoms with Gasteiger partial charge in [-0.25, -0.2) is 0 Å². The van der Waals surface area contributed by atoms with Gasteiger partial charge >= 0.3 is 0 Å². The smallest absolute Gasteiger partial charge is 0.265 e. The largest absolute Gasteiger partial charge is 0.497 e. The molecule has 0 saturated heterocycles. The first-order chi connectivity index (χ1) is 15.8. The second-order valence-electron chi connectivity index (χ2n) is 8.09. The Morgan fingerprint density at radius 3 is 2.39 bits per heavy atom. The summed E-state index contributed by atoms with van der Waals surface area (Å²) >= 11 is 1.40. The summed E-state index contributed by atoms with van der Waals surface area (Å²) < 4.78 is 5.22. The van der Waals surface area contributed by atoms with Crippen molar-refractivity contribution < 1.29 is 14.3 Å². The summed E-state index contributed by atoms with van der Waals surface area (Å²) in [4.78, 5) is 30.6. The van der Waals surface area contributed by atoms with E-state index in [0.29, 0.717) is 28.4 Å². The molecule has 7 heteroatoms. The Morgan fingerprint density at radius 1 is 1.09 bits per heavy atom. The molecular formula is C26H31N3O3S. The predicted molar refractivity (Wildman–Crippen MR) is 136 cm³/mol. The zero-order valence-electron chi connectivity index (χ0n) is 19.8. The number of amides is 2. The maximum absolute atomic E-state index is 13.5. The van der Waals surface area contributed by atoms with Crippen LogP contribution in [0.1, 0.15) is 45.9 Å². The summed E-state index contributed by atoms with van der Waals surface area (Å²) in [5.74, 6) is 0.539. The van der Waals surface area contributed by atoms with Gasteiger partial charge in [0.1, 0.15) is 5.75 Å². The molecule has 0 fully saturated rings. The first-order valence-electron chi connectivity index (χ1n) is 10.9. The number of anilines is 2. The van der Waals surface area contributed by atoms with Gasteiger partial charge in [-0.1, -0.05) is 13.0 Å². The van der Waals surface area contributed by atoms with Crippen LogP contribution in [0, 0.1) is 0 Å². The summed E-state index contributed by atoms with van der Waals surface area (Å²) in [5.41, 5.74) is 3.28. The highest BCUT2D eigenvalue weighted by Crippen LogP contribution is 2.27. The summed E-state index contributed by atoms with van der Waals surface area (Å²) in [6, 6.07) is 16.7. The van der Waals surface area contributed by atoms with Crippen LogP contribution in [0.25, 0.3) is 0 Å². The third kappa shape index (κ3) is 5.93. The lowest BCUT2D eigenvalue weighted by atomic mass is 10.1. The molecule has 0 spiro atoms. The number of rotatable bonds is 9. The third-order valence-electron chi connectivity index (χ3n) is 5.63. The van der Waals surface area contributed by atoms with Crippen LogP contribution >= 0.6 is 11.3 Å². The molecule has 2 amide bonds. The molecule has 1 heterocycles. The maximum atomic E-state index is 13.5. The molecule has 3 rings (SSSR count). The lowest BCUT2D eigenvalue weighted by Gasteiger charge is -2.31. The molecule has 0 saturated carbocycles. The number of hydrogen-bond donors (Lipinski definition) is 1. The van der Waals surface area contributed by atoms with Crippen LogP contribution < -0.4 is 15.0 Å². The first-order valence-corrected chi connectivity index (χ1v) is 11.8. The van der Waals surface area contributed by atoms with E-state index in [1.54, 1.807) is 37.4 Å². The van der Waals surface area contributed by atoms with E-state index in [2.05, 4.69) is 19.2 Å². The van der Waals surface area contributed by atoms with Gasteiger partial charge in [0.2, 0.25) is 0 Å². The molecule has 0 radical (unpaired) electrons. The monoisotopic (exact) mass is 465 g/mol. The molecule has 1 aromatic heterocycles. The Labute approximate surface area is 199 Å². The van der Waals surface area contributed by atoms with E-state index in [1.807, 2.05) is 53.5 Å². The normalized spacial score (nSPS) is 11.5. The fraction of sp³-hybridized carbons (Fsp3) is 0.308. The number of carbonyl (C=O) groups excluding carboxylic acids is 2. The van der Waals surface area contributed by atoms with E-state index in [4.69, 9.17) is 4.74 Å². The number of nitrogens with zero attached hydrogens (tertiary/aromatic N) is 2. The molecule has 1 unspecified atom stereocenters. The second kappa shape index (κ2) is 11.0. The van der Waals surface area contributed by atoms with Gasteiger partial charge in [0, 0.05) is 43.6 Å². The highest BCUT2D eigenvalue weighted by Gasteiger charge is 2.23. The van der Waals surface area contributed by atoms with Crippen molar-refractivity contribution in [3.8, 4) is 5.75 Å². The third-order valence-corrected chi connectivity index (χ3v) is 6.49. The zero-order valence-corrected chi connectivity index (χ0v) is 20.6. The van der Waals surface area contributed by atoms with Gasteiger partial charge in [0.25, 0.3) is 11.8 Å². The molecule has 0 aliphatic heterocycles. The van der Waals surface area contributed by atoms with E-state index in [-0.39, 0.29) is 17.9 Å². The predicted octanol–water partition coefficient (Wildman–Crippen LogP) is 5.52. The molecular weight excluding hydrogens is 434 g/mol. The van der Waals surface area contributed by atoms with Crippen LogP contribution in [0.3, 0.4) is 0 Å². The molecule has 0 aliphatic rings. The quantitative estimate of drug-likeness (QED) is 0.452. The molecule has 3 aromatic rings. The van der Waals surface area contributed by atoms with Gasteiger partial charge in [-0.15, -0.1) is 11.3 Å². The minimum atomic E-state index is -0.137. The highest BCUT2D eigenvalue weighted by molar-refractivity contribution is 7.12. The van der Waals surface area contributed by atoms with Crippen LogP contribution in [-0.4, -0.2) is 44.0 Å². The number of hydrogen-bond acceptors (Lipinski definition) is 5. The Kier molecular flexibility index (Phi) is 8.11. The molecule has 1 N–H and O–H groups in total. The number of nitrogens with one attached hydrogen (secondary N) is 1. The van der Waals surface area contributed by atoms with Crippen LogP contribution in [0.5, 0.6) is 5.75 Å². The van der Waals surface area contributed by atoms with Crippen molar-refractivity contribution in [3.05, 3.63) is 76.0 Å². The molecule has 1 atom stereocenters. The summed E-state index contributed by atoms with van der Waals surface area (Å²) in [6.07, 6.45) is 0.827. The average molecular weight is 466 g/mol. The minimum Gasteiger partial charge on any atom is -0.497 e. The zero-order chi connectivity index (χ0) is 24.0. The van der Waals surface area contributed by atoms with Crippen molar-refractivity contribution in [2.75, 3.05) is 31.4 Å². The number of benzene rings is 2. The Morgan fingerprint density at radius 2 is 1.82 bits per heavy atom. The number of carbonyl (C=O) groups is 2. The van der Waals surface area contributed by atoms with Crippen LogP contribution in [0.2, 0.25) is 0 Å². The van der Waals surface area contributed by atoms with Gasteiger partial charge < -0.3 is 19.9 Å². The standard InChI is InChI=1S/C26H31N3O3S/c1-6-18(2)29(26(31)19-9-12-22(32-5)13-10-19)17-20-16-21(11-14-23(20)28(3)4)27-25(30)24-8-7-15-33-24/h7-16,18H,6,17H2,1-5H3,(H,27,30). The average Bonchev–Trinajstić information content (AvgIpc) is 3.37. The summed E-state index contributed by atoms with van der Waals surface area (Å²) in [7, 11) is 5.55. The van der Waals surface area contributed by atoms with Gasteiger partial charge in [-0.2, -0.15) is 0 Å². The number of thiophene rings is 1. The fourth-order valence-electron chi connectivity index (χ4n) is 3.56. The highest BCUT2D eigenvalue weighted by atomic mass is 32.1. The molecule has 33 heavy (non-hydrogen) atoms. The molecule has 2 aromatic carbocycles. The van der Waals surface area contributed by atoms with Crippen molar-refractivity contribution in [2.45, 2.75) is 32.9 Å². The van der Waals surface area contributed by atoms with E-state index in [0.717, 1.165) is 17.7 Å². The SMILES string of the molecule is CCC(C)N(Cc1cc(NC(=O)c2cccs2)ccc1N(C)C)C(=O)c1ccc(OC)cc1. The Bertz CT molecular complexity index is 1080.